The Kier molecular flexibility index (Phi) is 4.52. The van der Waals surface area contributed by atoms with Gasteiger partial charge in [0.15, 0.2) is 22.5 Å². The molecular formula is C20H14ClF2N5OS. The molecule has 2 aromatic carbocycles. The first-order chi connectivity index (χ1) is 14.4. The second-order valence-corrected chi connectivity index (χ2v) is 8.44. The van der Waals surface area contributed by atoms with E-state index in [2.05, 4.69) is 15.2 Å². The lowest BCUT2D eigenvalue weighted by molar-refractivity contribution is 0.0638. The van der Waals surface area contributed by atoms with Crippen LogP contribution in [0.1, 0.15) is 29.1 Å². The van der Waals surface area contributed by atoms with Gasteiger partial charge >= 0.3 is 0 Å². The van der Waals surface area contributed by atoms with E-state index >= 15 is 0 Å². The van der Waals surface area contributed by atoms with Crippen LogP contribution < -0.4 is 0 Å². The molecule has 10 heteroatoms. The van der Waals surface area contributed by atoms with E-state index in [0.717, 1.165) is 17.4 Å². The third kappa shape index (κ3) is 3.05. The number of rotatable bonds is 2. The van der Waals surface area contributed by atoms with Crippen LogP contribution in [0.4, 0.5) is 8.78 Å². The number of fused-ring (bicyclic) bond motifs is 2. The van der Waals surface area contributed by atoms with Gasteiger partial charge in [0.1, 0.15) is 11.3 Å². The fraction of sp³-hybridized carbons (Fsp3) is 0.200. The average molecular weight is 446 g/mol. The maximum atomic E-state index is 14.0. The molecule has 0 saturated carbocycles. The minimum absolute atomic E-state index is 0.108. The van der Waals surface area contributed by atoms with Crippen molar-refractivity contribution < 1.29 is 13.6 Å². The third-order valence-corrected chi connectivity index (χ3v) is 6.39. The van der Waals surface area contributed by atoms with E-state index in [1.807, 2.05) is 11.5 Å². The van der Waals surface area contributed by atoms with Crippen molar-refractivity contribution in [1.29, 1.82) is 0 Å². The van der Waals surface area contributed by atoms with Crippen LogP contribution in [0.25, 0.3) is 21.0 Å². The van der Waals surface area contributed by atoms with E-state index in [4.69, 9.17) is 11.6 Å². The zero-order valence-corrected chi connectivity index (χ0v) is 17.2. The summed E-state index contributed by atoms with van der Waals surface area (Å²) in [5, 5.41) is 9.52. The summed E-state index contributed by atoms with van der Waals surface area (Å²) in [4.78, 5) is 19.0. The van der Waals surface area contributed by atoms with Crippen LogP contribution in [0.3, 0.4) is 0 Å². The first kappa shape index (κ1) is 19.1. The number of thiazole rings is 1. The fourth-order valence-electron chi connectivity index (χ4n) is 3.63. The van der Waals surface area contributed by atoms with Crippen molar-refractivity contribution in [3.63, 3.8) is 0 Å². The van der Waals surface area contributed by atoms with Gasteiger partial charge in [-0.15, -0.1) is 21.5 Å². The molecule has 152 valence electrons. The van der Waals surface area contributed by atoms with Gasteiger partial charge in [-0.1, -0.05) is 11.6 Å². The van der Waals surface area contributed by atoms with E-state index in [0.29, 0.717) is 45.0 Å². The molecule has 0 radical (unpaired) electrons. The number of nitrogens with zero attached hydrogens (tertiary/aromatic N) is 5. The standard InChI is InChI=1S/C20H14ClF2N5OS/c1-10-17-25-26-18(19-24-16-14(23)8-13(22)9-15(16)30-19)28(17)7-6-27(10)20(29)11-2-4-12(21)5-3-11/h2-5,8-10H,6-7H2,1H3. The topological polar surface area (TPSA) is 63.9 Å². The molecular weight excluding hydrogens is 432 g/mol. The molecule has 0 fully saturated rings. The van der Waals surface area contributed by atoms with Crippen molar-refractivity contribution in [3.05, 3.63) is 64.4 Å². The Balaban J connectivity index is 1.49. The summed E-state index contributed by atoms with van der Waals surface area (Å²) < 4.78 is 29.8. The number of amides is 1. The monoisotopic (exact) mass is 445 g/mol. The van der Waals surface area contributed by atoms with Crippen molar-refractivity contribution in [3.8, 4) is 10.8 Å². The summed E-state index contributed by atoms with van der Waals surface area (Å²) in [5.41, 5.74) is 0.653. The minimum atomic E-state index is -0.709. The average Bonchev–Trinajstić information content (AvgIpc) is 3.33. The number of aromatic nitrogens is 4. The summed E-state index contributed by atoms with van der Waals surface area (Å²) >= 11 is 7.07. The highest BCUT2D eigenvalue weighted by Crippen LogP contribution is 2.34. The third-order valence-electron chi connectivity index (χ3n) is 5.14. The smallest absolute Gasteiger partial charge is 0.254 e. The van der Waals surface area contributed by atoms with Crippen LogP contribution >= 0.6 is 22.9 Å². The molecule has 30 heavy (non-hydrogen) atoms. The van der Waals surface area contributed by atoms with Crippen molar-refractivity contribution in [2.24, 2.45) is 0 Å². The molecule has 0 aliphatic carbocycles. The summed E-state index contributed by atoms with van der Waals surface area (Å²) in [6.07, 6.45) is 0. The quantitative estimate of drug-likeness (QED) is 0.448. The number of carbonyl (C=O) groups excluding carboxylic acids is 1. The molecule has 2 aromatic heterocycles. The zero-order valence-electron chi connectivity index (χ0n) is 15.6. The number of halogens is 3. The highest BCUT2D eigenvalue weighted by atomic mass is 35.5. The molecule has 1 aliphatic rings. The SMILES string of the molecule is CC1c2nnc(-c3nc4c(F)cc(F)cc4s3)n2CCN1C(=O)c1ccc(Cl)cc1. The number of benzene rings is 2. The normalized spacial score (nSPS) is 16.1. The predicted octanol–water partition coefficient (Wildman–Crippen LogP) is 4.70. The van der Waals surface area contributed by atoms with Gasteiger partial charge in [-0.05, 0) is 37.3 Å². The van der Waals surface area contributed by atoms with Gasteiger partial charge in [0.25, 0.3) is 5.91 Å². The van der Waals surface area contributed by atoms with Crippen molar-refractivity contribution >= 4 is 39.1 Å². The van der Waals surface area contributed by atoms with Gasteiger partial charge in [0, 0.05) is 29.7 Å². The highest BCUT2D eigenvalue weighted by molar-refractivity contribution is 7.21. The van der Waals surface area contributed by atoms with Gasteiger partial charge in [0.05, 0.1) is 10.7 Å². The Morgan fingerprint density at radius 1 is 1.17 bits per heavy atom. The highest BCUT2D eigenvalue weighted by Gasteiger charge is 2.32. The molecule has 3 heterocycles. The summed E-state index contributed by atoms with van der Waals surface area (Å²) in [6, 6.07) is 8.49. The molecule has 1 atom stereocenters. The Bertz CT molecular complexity index is 1290. The van der Waals surface area contributed by atoms with Crippen molar-refractivity contribution in [1.82, 2.24) is 24.6 Å². The summed E-state index contributed by atoms with van der Waals surface area (Å²) in [7, 11) is 0. The second-order valence-electron chi connectivity index (χ2n) is 6.97. The van der Waals surface area contributed by atoms with E-state index in [9.17, 15) is 13.6 Å². The largest absolute Gasteiger partial charge is 0.327 e. The van der Waals surface area contributed by atoms with E-state index in [1.54, 1.807) is 29.2 Å². The molecule has 4 aromatic rings. The lowest BCUT2D eigenvalue weighted by atomic mass is 10.1. The molecule has 6 nitrogen and oxygen atoms in total. The molecule has 0 bridgehead atoms. The summed E-state index contributed by atoms with van der Waals surface area (Å²) in [5.74, 6) is -0.379. The van der Waals surface area contributed by atoms with Crippen LogP contribution in [0, 0.1) is 11.6 Å². The molecule has 0 N–H and O–H groups in total. The van der Waals surface area contributed by atoms with Gasteiger partial charge in [-0.2, -0.15) is 0 Å². The number of carbonyl (C=O) groups is 1. The predicted molar refractivity (Wildman–Crippen MR) is 109 cm³/mol. The van der Waals surface area contributed by atoms with Gasteiger partial charge in [0.2, 0.25) is 0 Å². The van der Waals surface area contributed by atoms with Gasteiger partial charge < -0.3 is 9.47 Å². The number of hydrogen-bond donors (Lipinski definition) is 0. The number of hydrogen-bond acceptors (Lipinski definition) is 5. The molecule has 0 saturated heterocycles. The first-order valence-electron chi connectivity index (χ1n) is 9.18. The van der Waals surface area contributed by atoms with Crippen LogP contribution in [-0.4, -0.2) is 37.1 Å². The van der Waals surface area contributed by atoms with Crippen molar-refractivity contribution in [2.75, 3.05) is 6.54 Å². The van der Waals surface area contributed by atoms with E-state index in [1.165, 1.54) is 6.07 Å². The molecule has 1 amide bonds. The Hall–Kier alpha value is -2.91. The maximum Gasteiger partial charge on any atom is 0.254 e. The van der Waals surface area contributed by atoms with Crippen molar-refractivity contribution in [2.45, 2.75) is 19.5 Å². The zero-order chi connectivity index (χ0) is 21.0. The maximum absolute atomic E-state index is 14.0. The van der Waals surface area contributed by atoms with Crippen LogP contribution in [0.2, 0.25) is 5.02 Å². The Labute approximate surface area is 178 Å². The lowest BCUT2D eigenvalue weighted by Gasteiger charge is -2.33. The van der Waals surface area contributed by atoms with Crippen LogP contribution in [-0.2, 0) is 6.54 Å². The molecule has 5 rings (SSSR count). The van der Waals surface area contributed by atoms with Gasteiger partial charge in [-0.3, -0.25) is 4.79 Å². The van der Waals surface area contributed by atoms with Crippen LogP contribution in [0.15, 0.2) is 36.4 Å². The van der Waals surface area contributed by atoms with Gasteiger partial charge in [-0.25, -0.2) is 13.8 Å². The Morgan fingerprint density at radius 3 is 2.70 bits per heavy atom. The summed E-state index contributed by atoms with van der Waals surface area (Å²) in [6.45, 7) is 2.80. The fourth-order valence-corrected chi connectivity index (χ4v) is 4.76. The van der Waals surface area contributed by atoms with E-state index < -0.39 is 11.6 Å². The van der Waals surface area contributed by atoms with E-state index in [-0.39, 0.29) is 17.5 Å². The molecule has 1 unspecified atom stereocenters. The lowest BCUT2D eigenvalue weighted by Crippen LogP contribution is -2.41. The second kappa shape index (κ2) is 7.10. The molecule has 1 aliphatic heterocycles. The Morgan fingerprint density at radius 2 is 1.93 bits per heavy atom. The minimum Gasteiger partial charge on any atom is -0.327 e. The molecule has 0 spiro atoms. The first-order valence-corrected chi connectivity index (χ1v) is 10.4. The van der Waals surface area contributed by atoms with Crippen LogP contribution in [0.5, 0.6) is 0 Å².